The SMILES string of the molecule is CCc1ccc2c(c1)C1(CSC(NC(=O)OC(C)(C)C)=N1)[C@H]1CC(NC(=O)C(C)(C)C)CC[C@@H]1O2. The summed E-state index contributed by atoms with van der Waals surface area (Å²) < 4.78 is 12.0. The van der Waals surface area contributed by atoms with Gasteiger partial charge in [0.15, 0.2) is 5.17 Å². The van der Waals surface area contributed by atoms with E-state index >= 15 is 0 Å². The zero-order valence-electron chi connectivity index (χ0n) is 22.0. The van der Waals surface area contributed by atoms with Crippen molar-refractivity contribution in [2.24, 2.45) is 16.3 Å². The Balaban J connectivity index is 1.67. The van der Waals surface area contributed by atoms with Crippen molar-refractivity contribution in [3.8, 4) is 5.75 Å². The molecule has 0 aromatic heterocycles. The van der Waals surface area contributed by atoms with Gasteiger partial charge in [0.1, 0.15) is 23.0 Å². The van der Waals surface area contributed by atoms with Crippen LogP contribution >= 0.6 is 11.8 Å². The molecular formula is C27H39N3O4S. The Morgan fingerprint density at radius 3 is 2.60 bits per heavy atom. The zero-order valence-corrected chi connectivity index (χ0v) is 22.8. The smallest absolute Gasteiger partial charge is 0.413 e. The molecule has 7 nitrogen and oxygen atoms in total. The van der Waals surface area contributed by atoms with Crippen LogP contribution in [0.5, 0.6) is 5.75 Å². The second-order valence-electron chi connectivity index (χ2n) is 11.9. The van der Waals surface area contributed by atoms with Crippen LogP contribution in [0.2, 0.25) is 0 Å². The lowest BCUT2D eigenvalue weighted by atomic mass is 9.67. The van der Waals surface area contributed by atoms with Crippen LogP contribution in [0, 0.1) is 11.3 Å². The van der Waals surface area contributed by atoms with E-state index in [0.29, 0.717) is 10.9 Å². The Labute approximate surface area is 213 Å². The third-order valence-electron chi connectivity index (χ3n) is 6.95. The fraction of sp³-hybridized carbons (Fsp3) is 0.667. The number of thioether (sulfide) groups is 1. The van der Waals surface area contributed by atoms with Gasteiger partial charge in [-0.1, -0.05) is 45.5 Å². The summed E-state index contributed by atoms with van der Waals surface area (Å²) >= 11 is 1.55. The minimum Gasteiger partial charge on any atom is -0.490 e. The summed E-state index contributed by atoms with van der Waals surface area (Å²) in [4.78, 5) is 30.4. The molecule has 4 rings (SSSR count). The van der Waals surface area contributed by atoms with E-state index in [2.05, 4.69) is 35.8 Å². The quantitative estimate of drug-likeness (QED) is 0.584. The number of fused-ring (bicyclic) bond motifs is 4. The van der Waals surface area contributed by atoms with Gasteiger partial charge in [-0.15, -0.1) is 0 Å². The molecule has 1 aliphatic carbocycles. The van der Waals surface area contributed by atoms with Gasteiger partial charge in [-0.2, -0.15) is 0 Å². The molecule has 2 N–H and O–H groups in total. The minimum absolute atomic E-state index is 0.0167. The number of benzene rings is 1. The van der Waals surface area contributed by atoms with Crippen LogP contribution in [0.3, 0.4) is 0 Å². The summed E-state index contributed by atoms with van der Waals surface area (Å²) in [6, 6.07) is 6.47. The first-order valence-electron chi connectivity index (χ1n) is 12.6. The summed E-state index contributed by atoms with van der Waals surface area (Å²) in [7, 11) is 0. The molecular weight excluding hydrogens is 462 g/mol. The maximum Gasteiger partial charge on any atom is 0.413 e. The summed E-state index contributed by atoms with van der Waals surface area (Å²) in [5, 5.41) is 6.72. The van der Waals surface area contributed by atoms with Crippen molar-refractivity contribution in [1.82, 2.24) is 10.6 Å². The number of aryl methyl sites for hydroxylation is 1. The van der Waals surface area contributed by atoms with Crippen LogP contribution in [0.4, 0.5) is 4.79 Å². The Kier molecular flexibility index (Phi) is 6.90. The molecule has 2 amide bonds. The maximum atomic E-state index is 12.7. The topological polar surface area (TPSA) is 89.0 Å². The molecule has 3 aliphatic rings. The van der Waals surface area contributed by atoms with Crippen LogP contribution in [-0.4, -0.2) is 40.7 Å². The third kappa shape index (κ3) is 5.47. The number of nitrogens with one attached hydrogen (secondary N) is 2. The molecule has 0 bridgehead atoms. The molecule has 1 saturated carbocycles. The van der Waals surface area contributed by atoms with Gasteiger partial charge in [-0.05, 0) is 64.2 Å². The Hall–Kier alpha value is -2.22. The second-order valence-corrected chi connectivity index (χ2v) is 12.9. The highest BCUT2D eigenvalue weighted by molar-refractivity contribution is 8.14. The molecule has 192 valence electrons. The number of amidine groups is 1. The molecule has 1 aromatic carbocycles. The third-order valence-corrected chi connectivity index (χ3v) is 8.00. The summed E-state index contributed by atoms with van der Waals surface area (Å²) in [5.41, 5.74) is 0.761. The van der Waals surface area contributed by atoms with Gasteiger partial charge in [0, 0.05) is 28.7 Å². The number of ether oxygens (including phenoxy) is 2. The predicted molar refractivity (Wildman–Crippen MR) is 140 cm³/mol. The van der Waals surface area contributed by atoms with E-state index in [1.54, 1.807) is 11.8 Å². The molecule has 2 heterocycles. The lowest BCUT2D eigenvalue weighted by Gasteiger charge is -2.49. The molecule has 4 atom stereocenters. The van der Waals surface area contributed by atoms with Gasteiger partial charge in [-0.25, -0.2) is 9.79 Å². The van der Waals surface area contributed by atoms with Crippen molar-refractivity contribution in [1.29, 1.82) is 0 Å². The predicted octanol–water partition coefficient (Wildman–Crippen LogP) is 5.16. The fourth-order valence-corrected chi connectivity index (χ4v) is 6.30. The van der Waals surface area contributed by atoms with Gasteiger partial charge in [0.25, 0.3) is 0 Å². The van der Waals surface area contributed by atoms with Crippen molar-refractivity contribution in [2.75, 3.05) is 5.75 Å². The molecule has 8 heteroatoms. The van der Waals surface area contributed by atoms with Crippen LogP contribution in [0.15, 0.2) is 23.2 Å². The molecule has 1 fully saturated rings. The van der Waals surface area contributed by atoms with Crippen molar-refractivity contribution in [2.45, 2.75) is 97.4 Å². The van der Waals surface area contributed by atoms with Gasteiger partial charge < -0.3 is 14.8 Å². The zero-order chi connectivity index (χ0) is 25.6. The number of rotatable bonds is 2. The number of alkyl carbamates (subject to hydrolysis) is 1. The maximum absolute atomic E-state index is 12.7. The number of carbonyl (C=O) groups is 2. The van der Waals surface area contributed by atoms with E-state index in [9.17, 15) is 9.59 Å². The highest BCUT2D eigenvalue weighted by Crippen LogP contribution is 2.54. The molecule has 1 spiro atoms. The highest BCUT2D eigenvalue weighted by atomic mass is 32.2. The summed E-state index contributed by atoms with van der Waals surface area (Å²) in [6.45, 7) is 13.5. The first-order valence-corrected chi connectivity index (χ1v) is 13.6. The van der Waals surface area contributed by atoms with E-state index in [1.807, 2.05) is 41.5 Å². The summed E-state index contributed by atoms with van der Waals surface area (Å²) in [6.07, 6.45) is 2.95. The van der Waals surface area contributed by atoms with Gasteiger partial charge in [0.05, 0.1) is 0 Å². The van der Waals surface area contributed by atoms with E-state index in [-0.39, 0.29) is 24.0 Å². The molecule has 1 aromatic rings. The molecule has 0 saturated heterocycles. The standard InChI is InChI=1S/C27H39N3O4S/c1-8-16-9-11-20-18(13-16)27(15-35-23(30-27)29-24(32)34-26(5,6)7)19-14-17(10-12-21(19)33-20)28-22(31)25(2,3)4/h9,11,13,17,19,21H,8,10,12,14-15H2,1-7H3,(H,28,31)(H,29,30,32)/t17?,19-,21-,27?/m0/s1. The normalized spacial score (nSPS) is 27.9. The Morgan fingerprint density at radius 1 is 1.20 bits per heavy atom. The monoisotopic (exact) mass is 501 g/mol. The number of carbonyl (C=O) groups excluding carboxylic acids is 2. The number of hydrogen-bond acceptors (Lipinski definition) is 6. The number of hydrogen-bond donors (Lipinski definition) is 2. The van der Waals surface area contributed by atoms with Crippen LogP contribution < -0.4 is 15.4 Å². The highest BCUT2D eigenvalue weighted by Gasteiger charge is 2.55. The van der Waals surface area contributed by atoms with E-state index in [4.69, 9.17) is 14.5 Å². The van der Waals surface area contributed by atoms with Crippen molar-refractivity contribution in [3.63, 3.8) is 0 Å². The molecule has 2 unspecified atom stereocenters. The lowest BCUT2D eigenvalue weighted by molar-refractivity contribution is -0.130. The van der Waals surface area contributed by atoms with Crippen molar-refractivity contribution >= 4 is 28.9 Å². The first kappa shape index (κ1) is 25.9. The average molecular weight is 502 g/mol. The average Bonchev–Trinajstić information content (AvgIpc) is 3.16. The second kappa shape index (κ2) is 9.34. The van der Waals surface area contributed by atoms with Gasteiger partial charge in [-0.3, -0.25) is 10.1 Å². The van der Waals surface area contributed by atoms with Crippen LogP contribution in [0.1, 0.15) is 78.9 Å². The Bertz CT molecular complexity index is 1030. The Morgan fingerprint density at radius 2 is 1.94 bits per heavy atom. The van der Waals surface area contributed by atoms with Crippen molar-refractivity contribution < 1.29 is 19.1 Å². The minimum atomic E-state index is -0.583. The number of aliphatic imine (C=N–C) groups is 1. The number of amides is 2. The number of nitrogens with zero attached hydrogens (tertiary/aromatic N) is 1. The fourth-order valence-electron chi connectivity index (χ4n) is 5.13. The van der Waals surface area contributed by atoms with Crippen LogP contribution in [0.25, 0.3) is 0 Å². The van der Waals surface area contributed by atoms with E-state index < -0.39 is 22.6 Å². The lowest BCUT2D eigenvalue weighted by Crippen LogP contribution is -2.55. The van der Waals surface area contributed by atoms with E-state index in [0.717, 1.165) is 37.0 Å². The van der Waals surface area contributed by atoms with Crippen LogP contribution in [-0.2, 0) is 21.5 Å². The molecule has 35 heavy (non-hydrogen) atoms. The van der Waals surface area contributed by atoms with E-state index in [1.165, 1.54) is 5.56 Å². The largest absolute Gasteiger partial charge is 0.490 e. The first-order chi connectivity index (χ1) is 16.3. The molecule has 0 radical (unpaired) electrons. The van der Waals surface area contributed by atoms with Gasteiger partial charge in [0.2, 0.25) is 5.91 Å². The van der Waals surface area contributed by atoms with Gasteiger partial charge >= 0.3 is 6.09 Å². The summed E-state index contributed by atoms with van der Waals surface area (Å²) in [5.74, 6) is 1.75. The van der Waals surface area contributed by atoms with Crippen molar-refractivity contribution in [3.05, 3.63) is 29.3 Å². The molecule has 2 aliphatic heterocycles.